The molecule has 1 unspecified atom stereocenters. The van der Waals surface area contributed by atoms with E-state index in [1.807, 2.05) is 29.6 Å². The number of fused-ring (bicyclic) bond motifs is 1. The summed E-state index contributed by atoms with van der Waals surface area (Å²) < 4.78 is 1.10. The molecule has 1 aromatic carbocycles. The van der Waals surface area contributed by atoms with Gasteiger partial charge in [0.15, 0.2) is 0 Å². The van der Waals surface area contributed by atoms with Crippen molar-refractivity contribution in [2.24, 2.45) is 5.92 Å². The lowest BCUT2D eigenvalue weighted by molar-refractivity contribution is 0.0953. The van der Waals surface area contributed by atoms with Gasteiger partial charge in [-0.3, -0.25) is 4.79 Å². The molecule has 0 saturated heterocycles. The van der Waals surface area contributed by atoms with Crippen LogP contribution in [0.3, 0.4) is 0 Å². The fraction of sp³-hybridized carbons (Fsp3) is 0.231. The van der Waals surface area contributed by atoms with Crippen molar-refractivity contribution >= 4 is 27.3 Å². The van der Waals surface area contributed by atoms with Crippen molar-refractivity contribution < 1.29 is 4.79 Å². The number of amides is 1. The number of rotatable bonds is 3. The summed E-state index contributed by atoms with van der Waals surface area (Å²) in [5.41, 5.74) is 0.690. The Morgan fingerprint density at radius 2 is 2.29 bits per heavy atom. The highest BCUT2D eigenvalue weighted by Gasteiger charge is 2.12. The Balaban J connectivity index is 2.17. The van der Waals surface area contributed by atoms with Crippen LogP contribution in [-0.4, -0.2) is 12.5 Å². The molecule has 0 radical (unpaired) electrons. The molecule has 1 N–H and O–H groups in total. The van der Waals surface area contributed by atoms with Crippen molar-refractivity contribution in [1.82, 2.24) is 5.32 Å². The average Bonchev–Trinajstić information content (AvgIpc) is 2.79. The van der Waals surface area contributed by atoms with Gasteiger partial charge in [0.1, 0.15) is 0 Å². The monoisotopic (exact) mass is 244 g/mol. The van der Waals surface area contributed by atoms with Crippen LogP contribution in [0.25, 0.3) is 10.1 Å². The Bertz CT molecular complexity index is 582. The second-order valence-corrected chi connectivity index (χ2v) is 4.80. The number of thiophene rings is 1. The van der Waals surface area contributed by atoms with Crippen LogP contribution in [-0.2, 0) is 0 Å². The molecule has 0 aliphatic carbocycles. The first-order valence-corrected chi connectivity index (χ1v) is 6.24. The molecule has 4 heteroatoms. The van der Waals surface area contributed by atoms with Gasteiger partial charge < -0.3 is 5.32 Å². The number of carbonyl (C=O) groups excluding carboxylic acids is 1. The molecule has 86 valence electrons. The second kappa shape index (κ2) is 4.98. The second-order valence-electron chi connectivity index (χ2n) is 3.89. The maximum atomic E-state index is 11.9. The molecular formula is C13H12N2OS. The summed E-state index contributed by atoms with van der Waals surface area (Å²) in [6.07, 6.45) is 0. The molecule has 1 heterocycles. The lowest BCUT2D eigenvalue weighted by atomic mass is 10.1. The summed E-state index contributed by atoms with van der Waals surface area (Å²) in [6.45, 7) is 2.17. The van der Waals surface area contributed by atoms with E-state index >= 15 is 0 Å². The van der Waals surface area contributed by atoms with Gasteiger partial charge in [-0.05, 0) is 13.0 Å². The molecular weight excluding hydrogens is 232 g/mol. The van der Waals surface area contributed by atoms with Crippen LogP contribution in [0.1, 0.15) is 17.3 Å². The zero-order valence-electron chi connectivity index (χ0n) is 9.43. The first kappa shape index (κ1) is 11.6. The molecule has 3 nitrogen and oxygen atoms in total. The third-order valence-electron chi connectivity index (χ3n) is 2.51. The quantitative estimate of drug-likeness (QED) is 0.902. The van der Waals surface area contributed by atoms with Crippen molar-refractivity contribution in [3.8, 4) is 6.07 Å². The SMILES string of the molecule is CC(C#N)CNC(=O)c1csc2ccccc12. The molecule has 2 rings (SSSR count). The van der Waals surface area contributed by atoms with Gasteiger partial charge in [0.25, 0.3) is 5.91 Å². The summed E-state index contributed by atoms with van der Waals surface area (Å²) in [6, 6.07) is 9.90. The van der Waals surface area contributed by atoms with E-state index in [0.717, 1.165) is 10.1 Å². The van der Waals surface area contributed by atoms with Gasteiger partial charge in [0, 0.05) is 22.0 Å². The lowest BCUT2D eigenvalue weighted by Crippen LogP contribution is -2.27. The summed E-state index contributed by atoms with van der Waals surface area (Å²) in [7, 11) is 0. The Labute approximate surface area is 104 Å². The highest BCUT2D eigenvalue weighted by atomic mass is 32.1. The van der Waals surface area contributed by atoms with Crippen LogP contribution >= 0.6 is 11.3 Å². The van der Waals surface area contributed by atoms with Crippen molar-refractivity contribution in [3.05, 3.63) is 35.2 Å². The Kier molecular flexibility index (Phi) is 3.40. The van der Waals surface area contributed by atoms with Crippen LogP contribution < -0.4 is 5.32 Å². The predicted molar refractivity (Wildman–Crippen MR) is 68.9 cm³/mol. The summed E-state index contributed by atoms with van der Waals surface area (Å²) in [4.78, 5) is 11.9. The Morgan fingerprint density at radius 1 is 1.53 bits per heavy atom. The number of hydrogen-bond donors (Lipinski definition) is 1. The van der Waals surface area contributed by atoms with Crippen molar-refractivity contribution in [2.75, 3.05) is 6.54 Å². The van der Waals surface area contributed by atoms with Gasteiger partial charge in [0.2, 0.25) is 0 Å². The van der Waals surface area contributed by atoms with E-state index in [2.05, 4.69) is 11.4 Å². The lowest BCUT2D eigenvalue weighted by Gasteiger charge is -2.05. The van der Waals surface area contributed by atoms with Crippen LogP contribution in [0.4, 0.5) is 0 Å². The summed E-state index contributed by atoms with van der Waals surface area (Å²) in [5, 5.41) is 14.3. The molecule has 0 fully saturated rings. The van der Waals surface area contributed by atoms with Crippen molar-refractivity contribution in [2.45, 2.75) is 6.92 Å². The molecule has 1 amide bonds. The van der Waals surface area contributed by atoms with Crippen LogP contribution in [0, 0.1) is 17.2 Å². The first-order chi connectivity index (χ1) is 8.22. The Hall–Kier alpha value is -1.86. The number of benzene rings is 1. The minimum absolute atomic E-state index is 0.107. The largest absolute Gasteiger partial charge is 0.351 e. The molecule has 0 spiro atoms. The summed E-state index contributed by atoms with van der Waals surface area (Å²) >= 11 is 1.56. The van der Waals surface area contributed by atoms with E-state index in [1.54, 1.807) is 18.3 Å². The topological polar surface area (TPSA) is 52.9 Å². The summed E-state index contributed by atoms with van der Waals surface area (Å²) in [5.74, 6) is -0.270. The molecule has 2 aromatic rings. The van der Waals surface area contributed by atoms with Gasteiger partial charge in [-0.25, -0.2) is 0 Å². The van der Waals surface area contributed by atoms with E-state index < -0.39 is 0 Å². The Morgan fingerprint density at radius 3 is 3.06 bits per heavy atom. The number of nitrogens with one attached hydrogen (secondary N) is 1. The van der Waals surface area contributed by atoms with Gasteiger partial charge in [-0.15, -0.1) is 11.3 Å². The third kappa shape index (κ3) is 2.45. The maximum Gasteiger partial charge on any atom is 0.252 e. The van der Waals surface area contributed by atoms with E-state index in [0.29, 0.717) is 12.1 Å². The minimum Gasteiger partial charge on any atom is -0.351 e. The van der Waals surface area contributed by atoms with Crippen molar-refractivity contribution in [3.63, 3.8) is 0 Å². The molecule has 0 aliphatic heterocycles. The molecule has 0 aliphatic rings. The molecule has 17 heavy (non-hydrogen) atoms. The van der Waals surface area contributed by atoms with E-state index in [-0.39, 0.29) is 11.8 Å². The molecule has 1 atom stereocenters. The normalized spacial score (nSPS) is 12.0. The van der Waals surface area contributed by atoms with Crippen LogP contribution in [0.2, 0.25) is 0 Å². The van der Waals surface area contributed by atoms with Gasteiger partial charge >= 0.3 is 0 Å². The van der Waals surface area contributed by atoms with Gasteiger partial charge in [-0.1, -0.05) is 18.2 Å². The highest BCUT2D eigenvalue weighted by molar-refractivity contribution is 7.17. The van der Waals surface area contributed by atoms with E-state index in [4.69, 9.17) is 5.26 Å². The van der Waals surface area contributed by atoms with Crippen molar-refractivity contribution in [1.29, 1.82) is 5.26 Å². The van der Waals surface area contributed by atoms with E-state index in [9.17, 15) is 4.79 Å². The fourth-order valence-electron chi connectivity index (χ4n) is 1.54. The van der Waals surface area contributed by atoms with Gasteiger partial charge in [-0.2, -0.15) is 5.26 Å². The first-order valence-electron chi connectivity index (χ1n) is 5.36. The fourth-order valence-corrected chi connectivity index (χ4v) is 2.48. The number of hydrogen-bond acceptors (Lipinski definition) is 3. The van der Waals surface area contributed by atoms with Crippen LogP contribution in [0.15, 0.2) is 29.6 Å². The standard InChI is InChI=1S/C13H12N2OS/c1-9(6-14)7-15-13(16)11-8-17-12-5-3-2-4-10(11)12/h2-5,8-9H,7H2,1H3,(H,15,16). The molecule has 0 saturated carbocycles. The van der Waals surface area contributed by atoms with Gasteiger partial charge in [0.05, 0.1) is 17.6 Å². The number of nitriles is 1. The number of nitrogens with zero attached hydrogens (tertiary/aromatic N) is 1. The predicted octanol–water partition coefficient (Wildman–Crippen LogP) is 2.79. The minimum atomic E-state index is -0.163. The zero-order valence-corrected chi connectivity index (χ0v) is 10.3. The number of carbonyl (C=O) groups is 1. The van der Waals surface area contributed by atoms with E-state index in [1.165, 1.54) is 0 Å². The zero-order chi connectivity index (χ0) is 12.3. The average molecular weight is 244 g/mol. The molecule has 0 bridgehead atoms. The smallest absolute Gasteiger partial charge is 0.252 e. The van der Waals surface area contributed by atoms with Crippen LogP contribution in [0.5, 0.6) is 0 Å². The third-order valence-corrected chi connectivity index (χ3v) is 3.48. The molecule has 1 aromatic heterocycles. The maximum absolute atomic E-state index is 11.9. The highest BCUT2D eigenvalue weighted by Crippen LogP contribution is 2.25.